The first-order valence-corrected chi connectivity index (χ1v) is 8.16. The quantitative estimate of drug-likeness (QED) is 0.872. The van der Waals surface area contributed by atoms with Gasteiger partial charge in [-0.2, -0.15) is 0 Å². The van der Waals surface area contributed by atoms with Gasteiger partial charge in [-0.3, -0.25) is 10.1 Å². The molecule has 1 aliphatic rings. The Morgan fingerprint density at radius 3 is 2.52 bits per heavy atom. The lowest BCUT2D eigenvalue weighted by Crippen LogP contribution is -2.44. The second kappa shape index (κ2) is 7.08. The summed E-state index contributed by atoms with van der Waals surface area (Å²) in [5.41, 5.74) is 1.30. The van der Waals surface area contributed by atoms with Gasteiger partial charge in [0.15, 0.2) is 0 Å². The second-order valence-electron chi connectivity index (χ2n) is 6.29. The molecule has 0 saturated carbocycles. The van der Waals surface area contributed by atoms with E-state index in [2.05, 4.69) is 57.3 Å². The summed E-state index contributed by atoms with van der Waals surface area (Å²) in [5, 5.41) is 3.46. The number of carbonyl (C=O) groups is 1. The zero-order valence-electron chi connectivity index (χ0n) is 13.7. The van der Waals surface area contributed by atoms with Crippen LogP contribution in [0.25, 0.3) is 0 Å². The van der Waals surface area contributed by atoms with Gasteiger partial charge >= 0.3 is 0 Å². The van der Waals surface area contributed by atoms with Gasteiger partial charge in [-0.1, -0.05) is 50.6 Å². The van der Waals surface area contributed by atoms with Crippen molar-refractivity contribution in [1.82, 2.24) is 10.2 Å². The van der Waals surface area contributed by atoms with E-state index < -0.39 is 0 Å². The molecule has 2 rings (SSSR count). The molecule has 21 heavy (non-hydrogen) atoms. The van der Waals surface area contributed by atoms with Crippen LogP contribution in [0.5, 0.6) is 0 Å². The topological polar surface area (TPSA) is 32.3 Å². The highest BCUT2D eigenvalue weighted by molar-refractivity contribution is 5.84. The first kappa shape index (κ1) is 16.0. The van der Waals surface area contributed by atoms with Crippen molar-refractivity contribution < 1.29 is 4.79 Å². The van der Waals surface area contributed by atoms with Crippen LogP contribution in [0, 0.1) is 5.92 Å². The van der Waals surface area contributed by atoms with Gasteiger partial charge in [0.1, 0.15) is 0 Å². The third kappa shape index (κ3) is 3.65. The van der Waals surface area contributed by atoms with Crippen LogP contribution in [0.4, 0.5) is 0 Å². The molecule has 0 spiro atoms. The van der Waals surface area contributed by atoms with Crippen LogP contribution in [-0.2, 0) is 11.2 Å². The molecule has 1 saturated heterocycles. The zero-order valence-corrected chi connectivity index (χ0v) is 13.7. The first-order chi connectivity index (χ1) is 10.0. The number of rotatable bonds is 6. The molecule has 4 atom stereocenters. The number of nitrogens with one attached hydrogen (secondary N) is 1. The molecule has 0 radical (unpaired) electrons. The zero-order chi connectivity index (χ0) is 15.4. The summed E-state index contributed by atoms with van der Waals surface area (Å²) in [7, 11) is 0. The number of amides is 1. The first-order valence-electron chi connectivity index (χ1n) is 8.16. The van der Waals surface area contributed by atoms with Crippen LogP contribution in [0.15, 0.2) is 30.3 Å². The van der Waals surface area contributed by atoms with Crippen LogP contribution in [-0.4, -0.2) is 29.1 Å². The maximum absolute atomic E-state index is 12.7. The highest BCUT2D eigenvalue weighted by Gasteiger charge is 2.39. The molecule has 3 heteroatoms. The molecule has 0 bridgehead atoms. The van der Waals surface area contributed by atoms with Crippen molar-refractivity contribution >= 4 is 5.91 Å². The van der Waals surface area contributed by atoms with Gasteiger partial charge in [-0.05, 0) is 38.2 Å². The van der Waals surface area contributed by atoms with E-state index in [0.717, 1.165) is 19.3 Å². The molecule has 4 unspecified atom stereocenters. The maximum Gasteiger partial charge on any atom is 0.241 e. The highest BCUT2D eigenvalue weighted by atomic mass is 16.2. The van der Waals surface area contributed by atoms with Crippen molar-refractivity contribution in [2.75, 3.05) is 0 Å². The molecule has 3 nitrogen and oxygen atoms in total. The minimum atomic E-state index is -0.0355. The molecule has 0 aromatic heterocycles. The third-order valence-electron chi connectivity index (χ3n) is 4.88. The van der Waals surface area contributed by atoms with Crippen molar-refractivity contribution in [3.05, 3.63) is 35.9 Å². The Bertz CT molecular complexity index is 460. The van der Waals surface area contributed by atoms with E-state index >= 15 is 0 Å². The minimum Gasteiger partial charge on any atom is -0.323 e. The second-order valence-corrected chi connectivity index (χ2v) is 6.29. The number of aryl methyl sites for hydroxylation is 1. The summed E-state index contributed by atoms with van der Waals surface area (Å²) in [4.78, 5) is 14.7. The molecule has 1 fully saturated rings. The van der Waals surface area contributed by atoms with E-state index in [-0.39, 0.29) is 18.1 Å². The normalized spacial score (nSPS) is 25.1. The lowest BCUT2D eigenvalue weighted by molar-refractivity contribution is -0.132. The molecular weight excluding hydrogens is 260 g/mol. The Balaban J connectivity index is 1.96. The molecule has 1 aliphatic heterocycles. The van der Waals surface area contributed by atoms with Crippen LogP contribution in [0.1, 0.15) is 46.1 Å². The lowest BCUT2D eigenvalue weighted by Gasteiger charge is -2.32. The summed E-state index contributed by atoms with van der Waals surface area (Å²) in [5.74, 6) is 0.803. The third-order valence-corrected chi connectivity index (χ3v) is 4.88. The SMILES string of the molecule is CCC(C)C(C)N1C(=O)C(CCc2ccccc2)NC1C. The van der Waals surface area contributed by atoms with Crippen LogP contribution >= 0.6 is 0 Å². The van der Waals surface area contributed by atoms with Gasteiger partial charge in [-0.25, -0.2) is 0 Å². The fourth-order valence-electron chi connectivity index (χ4n) is 3.14. The Hall–Kier alpha value is -1.35. The summed E-state index contributed by atoms with van der Waals surface area (Å²) < 4.78 is 0. The predicted molar refractivity (Wildman–Crippen MR) is 86.9 cm³/mol. The summed E-state index contributed by atoms with van der Waals surface area (Å²) in [6, 6.07) is 10.7. The lowest BCUT2D eigenvalue weighted by atomic mass is 9.98. The maximum atomic E-state index is 12.7. The fourth-order valence-corrected chi connectivity index (χ4v) is 3.14. The van der Waals surface area contributed by atoms with Gasteiger partial charge in [0.2, 0.25) is 5.91 Å². The average molecular weight is 288 g/mol. The Morgan fingerprint density at radius 1 is 1.24 bits per heavy atom. The highest BCUT2D eigenvalue weighted by Crippen LogP contribution is 2.23. The largest absolute Gasteiger partial charge is 0.323 e. The molecule has 116 valence electrons. The van der Waals surface area contributed by atoms with Gasteiger partial charge in [0.25, 0.3) is 0 Å². The minimum absolute atomic E-state index is 0.0355. The molecule has 1 heterocycles. The summed E-state index contributed by atoms with van der Waals surface area (Å²) in [6.45, 7) is 8.68. The Morgan fingerprint density at radius 2 is 1.90 bits per heavy atom. The number of hydrogen-bond donors (Lipinski definition) is 1. The molecular formula is C18H28N2O. The van der Waals surface area contributed by atoms with Gasteiger partial charge in [-0.15, -0.1) is 0 Å². The van der Waals surface area contributed by atoms with E-state index in [0.29, 0.717) is 12.0 Å². The molecule has 1 aromatic carbocycles. The van der Waals surface area contributed by atoms with Crippen molar-refractivity contribution in [2.24, 2.45) is 5.92 Å². The molecule has 1 N–H and O–H groups in total. The molecule has 1 amide bonds. The van der Waals surface area contributed by atoms with E-state index in [4.69, 9.17) is 0 Å². The van der Waals surface area contributed by atoms with Gasteiger partial charge in [0, 0.05) is 6.04 Å². The van der Waals surface area contributed by atoms with Crippen molar-refractivity contribution in [3.63, 3.8) is 0 Å². The number of benzene rings is 1. The fraction of sp³-hybridized carbons (Fsp3) is 0.611. The average Bonchev–Trinajstić information content (AvgIpc) is 2.79. The van der Waals surface area contributed by atoms with Crippen LogP contribution < -0.4 is 5.32 Å². The monoisotopic (exact) mass is 288 g/mol. The molecule has 1 aromatic rings. The smallest absolute Gasteiger partial charge is 0.241 e. The van der Waals surface area contributed by atoms with Gasteiger partial charge < -0.3 is 4.90 Å². The molecule has 0 aliphatic carbocycles. The van der Waals surface area contributed by atoms with E-state index in [9.17, 15) is 4.79 Å². The van der Waals surface area contributed by atoms with Crippen molar-refractivity contribution in [3.8, 4) is 0 Å². The van der Waals surface area contributed by atoms with Crippen molar-refractivity contribution in [1.29, 1.82) is 0 Å². The van der Waals surface area contributed by atoms with Crippen molar-refractivity contribution in [2.45, 2.75) is 65.2 Å². The standard InChI is InChI=1S/C18H28N2O/c1-5-13(2)14(3)20-15(4)19-17(18(20)21)12-11-16-9-7-6-8-10-16/h6-10,13-15,17,19H,5,11-12H2,1-4H3. The van der Waals surface area contributed by atoms with E-state index in [1.165, 1.54) is 5.56 Å². The Labute approximate surface area is 128 Å². The van der Waals surface area contributed by atoms with E-state index in [1.807, 2.05) is 11.0 Å². The number of nitrogens with zero attached hydrogens (tertiary/aromatic N) is 1. The number of hydrogen-bond acceptors (Lipinski definition) is 2. The van der Waals surface area contributed by atoms with Crippen LogP contribution in [0.2, 0.25) is 0 Å². The van der Waals surface area contributed by atoms with E-state index in [1.54, 1.807) is 0 Å². The summed E-state index contributed by atoms with van der Waals surface area (Å²) >= 11 is 0. The van der Waals surface area contributed by atoms with Gasteiger partial charge in [0.05, 0.1) is 12.2 Å². The predicted octanol–water partition coefficient (Wildman–Crippen LogP) is 3.20. The number of carbonyl (C=O) groups excluding carboxylic acids is 1. The Kier molecular flexibility index (Phi) is 5.40. The van der Waals surface area contributed by atoms with Crippen LogP contribution in [0.3, 0.4) is 0 Å². The summed E-state index contributed by atoms with van der Waals surface area (Å²) in [6.07, 6.45) is 3.06.